The van der Waals surface area contributed by atoms with E-state index in [0.29, 0.717) is 12.5 Å². The topological polar surface area (TPSA) is 68.3 Å². The zero-order chi connectivity index (χ0) is 17.9. The molecule has 4 rings (SSSR count). The molecule has 6 heteroatoms. The van der Waals surface area contributed by atoms with Crippen LogP contribution in [-0.4, -0.2) is 37.3 Å². The van der Waals surface area contributed by atoms with E-state index in [1.165, 1.54) is 24.1 Å². The number of aromatic nitrogens is 2. The van der Waals surface area contributed by atoms with Gasteiger partial charge in [-0.25, -0.2) is 9.97 Å². The number of anilines is 1. The molecule has 0 spiro atoms. The molecule has 0 radical (unpaired) electrons. The number of ether oxygens (including phenoxy) is 2. The molecule has 1 aromatic carbocycles. The summed E-state index contributed by atoms with van der Waals surface area (Å²) in [4.78, 5) is 9.75. The molecule has 0 amide bonds. The van der Waals surface area contributed by atoms with Crippen LogP contribution in [0.4, 0.5) is 5.82 Å². The van der Waals surface area contributed by atoms with E-state index in [9.17, 15) is 0 Å². The predicted molar refractivity (Wildman–Crippen MR) is 101 cm³/mol. The van der Waals surface area contributed by atoms with Crippen LogP contribution in [0.1, 0.15) is 41.4 Å². The fraction of sp³-hybridized carbons (Fsp3) is 0.500. The van der Waals surface area contributed by atoms with Gasteiger partial charge in [-0.15, -0.1) is 0 Å². The van der Waals surface area contributed by atoms with Crippen molar-refractivity contribution in [3.63, 3.8) is 0 Å². The number of nitrogens with zero attached hydrogens (tertiary/aromatic N) is 2. The van der Waals surface area contributed by atoms with Crippen LogP contribution in [0.15, 0.2) is 18.2 Å². The van der Waals surface area contributed by atoms with Crippen LogP contribution in [0, 0.1) is 0 Å². The summed E-state index contributed by atoms with van der Waals surface area (Å²) >= 11 is 0. The molecular formula is C20H26N4O2. The van der Waals surface area contributed by atoms with E-state index in [1.807, 2.05) is 18.2 Å². The molecule has 2 aromatic rings. The highest BCUT2D eigenvalue weighted by Gasteiger charge is 2.29. The van der Waals surface area contributed by atoms with Crippen molar-refractivity contribution in [2.24, 2.45) is 0 Å². The molecule has 0 bridgehead atoms. The Morgan fingerprint density at radius 2 is 1.77 bits per heavy atom. The van der Waals surface area contributed by atoms with Crippen LogP contribution in [-0.2, 0) is 19.4 Å². The van der Waals surface area contributed by atoms with Gasteiger partial charge in [-0.05, 0) is 43.5 Å². The Bertz CT molecular complexity index is 767. The van der Waals surface area contributed by atoms with Gasteiger partial charge in [0.15, 0.2) is 0 Å². The van der Waals surface area contributed by atoms with Crippen molar-refractivity contribution in [1.29, 1.82) is 0 Å². The summed E-state index contributed by atoms with van der Waals surface area (Å²) in [5, 5.41) is 7.01. The van der Waals surface area contributed by atoms with Crippen molar-refractivity contribution in [2.75, 3.05) is 32.6 Å². The number of hydrogen-bond donors (Lipinski definition) is 2. The van der Waals surface area contributed by atoms with Gasteiger partial charge in [-0.1, -0.05) is 0 Å². The first-order valence-electron chi connectivity index (χ1n) is 9.33. The number of nitrogens with one attached hydrogen (secondary N) is 2. The molecule has 1 aliphatic carbocycles. The normalized spacial score (nSPS) is 16.5. The molecule has 1 saturated carbocycles. The first-order valence-corrected chi connectivity index (χ1v) is 9.33. The summed E-state index contributed by atoms with van der Waals surface area (Å²) in [6.45, 7) is 2.63. The monoisotopic (exact) mass is 354 g/mol. The lowest BCUT2D eigenvalue weighted by molar-refractivity contribution is 0.393. The minimum atomic E-state index is 0.550. The molecule has 2 aliphatic rings. The minimum absolute atomic E-state index is 0.550. The lowest BCUT2D eigenvalue weighted by atomic mass is 10.1. The Morgan fingerprint density at radius 1 is 1.04 bits per heavy atom. The third-order valence-corrected chi connectivity index (χ3v) is 5.01. The van der Waals surface area contributed by atoms with Crippen molar-refractivity contribution in [3.8, 4) is 11.5 Å². The maximum Gasteiger partial charge on any atom is 0.134 e. The molecule has 6 nitrogen and oxygen atoms in total. The summed E-state index contributed by atoms with van der Waals surface area (Å²) in [7, 11) is 3.34. The third-order valence-electron chi connectivity index (χ3n) is 5.01. The van der Waals surface area contributed by atoms with E-state index in [4.69, 9.17) is 19.4 Å². The molecule has 0 saturated heterocycles. The van der Waals surface area contributed by atoms with Crippen LogP contribution >= 0.6 is 0 Å². The second-order valence-corrected chi connectivity index (χ2v) is 6.95. The van der Waals surface area contributed by atoms with Gasteiger partial charge in [0.25, 0.3) is 0 Å². The van der Waals surface area contributed by atoms with E-state index in [-0.39, 0.29) is 0 Å². The van der Waals surface area contributed by atoms with Crippen molar-refractivity contribution < 1.29 is 9.47 Å². The van der Waals surface area contributed by atoms with Crippen molar-refractivity contribution in [1.82, 2.24) is 15.3 Å². The zero-order valence-electron chi connectivity index (χ0n) is 15.5. The Morgan fingerprint density at radius 3 is 2.46 bits per heavy atom. The SMILES string of the molecule is COc1cc(CNc2nc(C3CC3)nc3c2CCNCC3)cc(OC)c1. The molecule has 1 fully saturated rings. The Balaban J connectivity index is 1.60. The molecular weight excluding hydrogens is 328 g/mol. The maximum atomic E-state index is 5.37. The second kappa shape index (κ2) is 7.50. The quantitative estimate of drug-likeness (QED) is 0.831. The van der Waals surface area contributed by atoms with E-state index in [0.717, 1.165) is 54.6 Å². The lowest BCUT2D eigenvalue weighted by Gasteiger charge is -2.15. The zero-order valence-corrected chi connectivity index (χ0v) is 15.5. The molecule has 138 valence electrons. The first-order chi connectivity index (χ1) is 12.8. The number of benzene rings is 1. The Hall–Kier alpha value is -2.34. The summed E-state index contributed by atoms with van der Waals surface area (Å²) in [6.07, 6.45) is 4.36. The average molecular weight is 354 g/mol. The van der Waals surface area contributed by atoms with Crippen molar-refractivity contribution in [3.05, 3.63) is 40.8 Å². The first kappa shape index (κ1) is 17.1. The molecule has 2 N–H and O–H groups in total. The average Bonchev–Trinajstić information content (AvgIpc) is 3.52. The van der Waals surface area contributed by atoms with Gasteiger partial charge in [-0.2, -0.15) is 0 Å². The van der Waals surface area contributed by atoms with Gasteiger partial charge in [0, 0.05) is 37.1 Å². The third kappa shape index (κ3) is 3.75. The van der Waals surface area contributed by atoms with Crippen molar-refractivity contribution >= 4 is 5.82 Å². The van der Waals surface area contributed by atoms with Crippen LogP contribution in [0.25, 0.3) is 0 Å². The van der Waals surface area contributed by atoms with Gasteiger partial charge in [-0.3, -0.25) is 0 Å². The highest BCUT2D eigenvalue weighted by molar-refractivity contribution is 5.49. The molecule has 26 heavy (non-hydrogen) atoms. The highest BCUT2D eigenvalue weighted by Crippen LogP contribution is 2.39. The lowest BCUT2D eigenvalue weighted by Crippen LogP contribution is -2.16. The van der Waals surface area contributed by atoms with Crippen LogP contribution in [0.3, 0.4) is 0 Å². The molecule has 1 aliphatic heterocycles. The summed E-state index contributed by atoms with van der Waals surface area (Å²) < 4.78 is 10.7. The summed E-state index contributed by atoms with van der Waals surface area (Å²) in [5.41, 5.74) is 3.57. The highest BCUT2D eigenvalue weighted by atomic mass is 16.5. The second-order valence-electron chi connectivity index (χ2n) is 6.95. The van der Waals surface area contributed by atoms with Crippen LogP contribution in [0.5, 0.6) is 11.5 Å². The van der Waals surface area contributed by atoms with Gasteiger partial charge >= 0.3 is 0 Å². The Kier molecular flexibility index (Phi) is 4.93. The van der Waals surface area contributed by atoms with Gasteiger partial charge < -0.3 is 20.1 Å². The van der Waals surface area contributed by atoms with Crippen LogP contribution in [0.2, 0.25) is 0 Å². The van der Waals surface area contributed by atoms with Gasteiger partial charge in [0.2, 0.25) is 0 Å². The van der Waals surface area contributed by atoms with E-state index < -0.39 is 0 Å². The number of methoxy groups -OCH3 is 2. The maximum absolute atomic E-state index is 5.37. The van der Waals surface area contributed by atoms with E-state index in [1.54, 1.807) is 14.2 Å². The molecule has 0 unspecified atom stereocenters. The summed E-state index contributed by atoms with van der Waals surface area (Å²) in [6, 6.07) is 5.94. The number of fused-ring (bicyclic) bond motifs is 1. The smallest absolute Gasteiger partial charge is 0.134 e. The van der Waals surface area contributed by atoms with Crippen LogP contribution < -0.4 is 20.1 Å². The molecule has 0 atom stereocenters. The van der Waals surface area contributed by atoms with E-state index in [2.05, 4.69) is 10.6 Å². The van der Waals surface area contributed by atoms with Gasteiger partial charge in [0.1, 0.15) is 23.1 Å². The minimum Gasteiger partial charge on any atom is -0.497 e. The Labute approximate surface area is 154 Å². The van der Waals surface area contributed by atoms with Crippen molar-refractivity contribution in [2.45, 2.75) is 38.1 Å². The standard InChI is InChI=1S/C20H26N4O2/c1-25-15-9-13(10-16(11-15)26-2)12-22-20-17-5-7-21-8-6-18(17)23-19(24-20)14-3-4-14/h9-11,14,21H,3-8,12H2,1-2H3,(H,22,23,24). The summed E-state index contributed by atoms with van der Waals surface area (Å²) in [5.74, 6) is 4.14. The number of hydrogen-bond acceptors (Lipinski definition) is 6. The molecule has 1 aromatic heterocycles. The molecule has 2 heterocycles. The van der Waals surface area contributed by atoms with Gasteiger partial charge in [0.05, 0.1) is 19.9 Å². The number of rotatable bonds is 6. The predicted octanol–water partition coefficient (Wildman–Crippen LogP) is 2.67. The largest absolute Gasteiger partial charge is 0.497 e. The fourth-order valence-corrected chi connectivity index (χ4v) is 3.39. The van der Waals surface area contributed by atoms with E-state index >= 15 is 0 Å². The fourth-order valence-electron chi connectivity index (χ4n) is 3.39.